The molecule has 298 valence electrons. The third kappa shape index (κ3) is 13.9. The van der Waals surface area contributed by atoms with E-state index in [9.17, 15) is 23.2 Å². The van der Waals surface area contributed by atoms with Crippen molar-refractivity contribution in [3.63, 3.8) is 0 Å². The first kappa shape index (κ1) is 42.6. The molecule has 0 radical (unpaired) electrons. The molecular weight excluding hydrogens is 737 g/mol. The largest absolute Gasteiger partial charge is 0.460 e. The Morgan fingerprint density at radius 1 is 0.621 bits per heavy atom. The first-order valence-electron chi connectivity index (χ1n) is 18.9. The van der Waals surface area contributed by atoms with Crippen molar-refractivity contribution < 1.29 is 27.9 Å². The highest BCUT2D eigenvalue weighted by Crippen LogP contribution is 2.25. The van der Waals surface area contributed by atoms with Crippen molar-refractivity contribution in [1.29, 1.82) is 0 Å². The van der Waals surface area contributed by atoms with Crippen LogP contribution in [-0.2, 0) is 32.0 Å². The summed E-state index contributed by atoms with van der Waals surface area (Å²) in [5, 5.41) is 5.80. The fourth-order valence-electron chi connectivity index (χ4n) is 6.00. The topological polar surface area (TPSA) is 136 Å². The molecule has 6 aromatic rings. The van der Waals surface area contributed by atoms with Crippen molar-refractivity contribution in [3.8, 4) is 22.3 Å². The molecule has 9 nitrogen and oxygen atoms in total. The van der Waals surface area contributed by atoms with Crippen molar-refractivity contribution >= 4 is 29.2 Å². The maximum Gasteiger partial charge on any atom is 0.306 e. The molecule has 0 fully saturated rings. The lowest BCUT2D eigenvalue weighted by Crippen LogP contribution is -2.37. The van der Waals surface area contributed by atoms with E-state index in [1.165, 1.54) is 24.3 Å². The molecule has 0 aliphatic heterocycles. The Labute approximate surface area is 337 Å². The summed E-state index contributed by atoms with van der Waals surface area (Å²) in [5.41, 5.74) is 12.3. The number of benzene rings is 4. The molecule has 2 amide bonds. The molecule has 2 heterocycles. The average Bonchev–Trinajstić information content (AvgIpc) is 3.21. The van der Waals surface area contributed by atoms with E-state index in [0.29, 0.717) is 30.6 Å². The van der Waals surface area contributed by atoms with Gasteiger partial charge in [-0.3, -0.25) is 24.4 Å². The van der Waals surface area contributed by atoms with Crippen LogP contribution in [0.25, 0.3) is 22.3 Å². The Balaban J connectivity index is 0.000000229. The van der Waals surface area contributed by atoms with E-state index in [-0.39, 0.29) is 35.8 Å². The number of rotatable bonds is 13. The smallest absolute Gasteiger partial charge is 0.306 e. The van der Waals surface area contributed by atoms with Gasteiger partial charge in [0.2, 0.25) is 11.8 Å². The summed E-state index contributed by atoms with van der Waals surface area (Å²) in [6.45, 7) is 5.43. The molecule has 0 aliphatic rings. The van der Waals surface area contributed by atoms with E-state index in [4.69, 9.17) is 10.5 Å². The number of amides is 2. The van der Waals surface area contributed by atoms with E-state index >= 15 is 0 Å². The molecule has 2 atom stereocenters. The zero-order valence-corrected chi connectivity index (χ0v) is 32.7. The van der Waals surface area contributed by atoms with Crippen LogP contribution in [0.3, 0.4) is 0 Å². The van der Waals surface area contributed by atoms with E-state index in [0.717, 1.165) is 33.4 Å². The molecule has 0 unspecified atom stereocenters. The Morgan fingerprint density at radius 3 is 1.53 bits per heavy atom. The van der Waals surface area contributed by atoms with E-state index in [1.54, 1.807) is 49.1 Å². The molecule has 0 saturated heterocycles. The van der Waals surface area contributed by atoms with E-state index in [2.05, 4.69) is 20.6 Å². The molecule has 2 aromatic heterocycles. The Bertz CT molecular complexity index is 2250. The fraction of sp³-hybridized carbons (Fsp3) is 0.213. The number of aromatic nitrogens is 2. The van der Waals surface area contributed by atoms with Gasteiger partial charge in [-0.25, -0.2) is 8.78 Å². The third-order valence-electron chi connectivity index (χ3n) is 8.88. The number of hydrogen-bond donors (Lipinski definition) is 3. The average molecular weight is 784 g/mol. The van der Waals surface area contributed by atoms with Gasteiger partial charge in [-0.1, -0.05) is 48.5 Å². The van der Waals surface area contributed by atoms with Crippen LogP contribution in [0, 0.1) is 17.6 Å². The predicted molar refractivity (Wildman–Crippen MR) is 223 cm³/mol. The van der Waals surface area contributed by atoms with Gasteiger partial charge >= 0.3 is 5.97 Å². The molecule has 0 saturated carbocycles. The number of nitrogens with one attached hydrogen (secondary N) is 2. The number of carbonyl (C=O) groups is 3. The maximum absolute atomic E-state index is 13.3. The Hall–Kier alpha value is -6.59. The molecule has 0 bridgehead atoms. The number of nitrogens with two attached hydrogens (primary N) is 1. The summed E-state index contributed by atoms with van der Waals surface area (Å²) in [4.78, 5) is 45.8. The minimum absolute atomic E-state index is 0.119. The van der Waals surface area contributed by atoms with Gasteiger partial charge in [0.15, 0.2) is 0 Å². The second-order valence-electron chi connectivity index (χ2n) is 14.7. The van der Waals surface area contributed by atoms with Gasteiger partial charge in [0.1, 0.15) is 17.2 Å². The highest BCUT2D eigenvalue weighted by molar-refractivity contribution is 5.95. The molecule has 58 heavy (non-hydrogen) atoms. The van der Waals surface area contributed by atoms with Gasteiger partial charge in [0.25, 0.3) is 0 Å². The SMILES string of the molecule is CC(C)(C)OC(=O)CC[C@@H](Cc1ccc(F)cc1)C(=O)Nc1cccc(-c2ccncc2)c1.N[C@@H](Cc1ccc(F)cc1)C(=O)Nc1cccc(-c2ccncc2)c1. The van der Waals surface area contributed by atoms with Crippen molar-refractivity contribution in [3.05, 3.63) is 169 Å². The number of anilines is 2. The van der Waals surface area contributed by atoms with Gasteiger partial charge in [0, 0.05) is 48.5 Å². The monoisotopic (exact) mass is 783 g/mol. The number of carbonyl (C=O) groups excluding carboxylic acids is 3. The standard InChI is InChI=1S/C27H29FN2O3.C20H18FN3O/c1-27(2,3)33-25(31)12-9-22(17-19-7-10-23(28)11-8-19)26(32)30-24-6-4-5-21(18-24)20-13-15-29-16-14-20;21-17-6-4-14(5-7-17)12-19(22)20(25)24-18-3-1-2-16(13-18)15-8-10-23-11-9-15/h4-8,10-11,13-16,18,22H,9,12,17H2,1-3H3,(H,30,32);1-11,13,19H,12,22H2,(H,24,25)/t22-;19-/m00/s1. The summed E-state index contributed by atoms with van der Waals surface area (Å²) in [6, 6.07) is 34.0. The number of nitrogens with zero attached hydrogens (tertiary/aromatic N) is 2. The number of pyridine rings is 2. The fourth-order valence-corrected chi connectivity index (χ4v) is 6.00. The molecule has 6 rings (SSSR count). The van der Waals surface area contributed by atoms with Crippen molar-refractivity contribution in [2.45, 2.75) is 58.1 Å². The van der Waals surface area contributed by atoms with Crippen LogP contribution < -0.4 is 16.4 Å². The third-order valence-corrected chi connectivity index (χ3v) is 8.88. The van der Waals surface area contributed by atoms with Crippen LogP contribution in [0.2, 0.25) is 0 Å². The number of halogens is 2. The minimum atomic E-state index is -0.713. The first-order chi connectivity index (χ1) is 27.8. The zero-order chi connectivity index (χ0) is 41.5. The van der Waals surface area contributed by atoms with Crippen molar-refractivity contribution in [1.82, 2.24) is 9.97 Å². The van der Waals surface area contributed by atoms with Gasteiger partial charge < -0.3 is 21.1 Å². The summed E-state index contributed by atoms with van der Waals surface area (Å²) in [5.74, 6) is -1.95. The maximum atomic E-state index is 13.3. The Morgan fingerprint density at radius 2 is 1.07 bits per heavy atom. The van der Waals surface area contributed by atoms with E-state index < -0.39 is 17.6 Å². The lowest BCUT2D eigenvalue weighted by atomic mass is 9.93. The number of ether oxygens (including phenoxy) is 1. The normalized spacial score (nSPS) is 12.0. The summed E-state index contributed by atoms with van der Waals surface area (Å²) in [6.07, 6.45) is 8.05. The van der Waals surface area contributed by atoms with Gasteiger partial charge in [0.05, 0.1) is 6.04 Å². The van der Waals surface area contributed by atoms with Crippen LogP contribution in [-0.4, -0.2) is 39.4 Å². The second-order valence-corrected chi connectivity index (χ2v) is 14.7. The summed E-state index contributed by atoms with van der Waals surface area (Å²) in [7, 11) is 0. The number of esters is 1. The molecular formula is C47H47F2N5O4. The van der Waals surface area contributed by atoms with E-state index in [1.807, 2.05) is 93.6 Å². The second kappa shape index (κ2) is 20.5. The zero-order valence-electron chi connectivity index (χ0n) is 32.7. The van der Waals surface area contributed by atoms with Gasteiger partial charge in [-0.15, -0.1) is 0 Å². The lowest BCUT2D eigenvalue weighted by Gasteiger charge is -2.21. The summed E-state index contributed by atoms with van der Waals surface area (Å²) < 4.78 is 31.6. The van der Waals surface area contributed by atoms with Crippen LogP contribution in [0.5, 0.6) is 0 Å². The summed E-state index contributed by atoms with van der Waals surface area (Å²) >= 11 is 0. The highest BCUT2D eigenvalue weighted by Gasteiger charge is 2.23. The number of hydrogen-bond acceptors (Lipinski definition) is 7. The molecule has 0 spiro atoms. The van der Waals surface area contributed by atoms with Crippen molar-refractivity contribution in [2.24, 2.45) is 11.7 Å². The predicted octanol–water partition coefficient (Wildman–Crippen LogP) is 9.20. The quantitative estimate of drug-likeness (QED) is 0.0994. The molecule has 4 aromatic carbocycles. The van der Waals surface area contributed by atoms with Gasteiger partial charge in [-0.05, 0) is 146 Å². The van der Waals surface area contributed by atoms with Crippen LogP contribution >= 0.6 is 0 Å². The lowest BCUT2D eigenvalue weighted by molar-refractivity contribution is -0.155. The highest BCUT2D eigenvalue weighted by atomic mass is 19.1. The molecule has 0 aliphatic carbocycles. The Kier molecular flexibility index (Phi) is 15.1. The van der Waals surface area contributed by atoms with Crippen LogP contribution in [0.1, 0.15) is 44.7 Å². The van der Waals surface area contributed by atoms with Crippen LogP contribution in [0.4, 0.5) is 20.2 Å². The molecule has 11 heteroatoms. The van der Waals surface area contributed by atoms with Crippen molar-refractivity contribution in [2.75, 3.05) is 10.6 Å². The first-order valence-corrected chi connectivity index (χ1v) is 18.9. The minimum Gasteiger partial charge on any atom is -0.460 e. The van der Waals surface area contributed by atoms with Gasteiger partial charge in [-0.2, -0.15) is 0 Å². The molecule has 4 N–H and O–H groups in total. The van der Waals surface area contributed by atoms with Crippen LogP contribution in [0.15, 0.2) is 146 Å².